The van der Waals surface area contributed by atoms with Gasteiger partial charge >= 0.3 is 6.18 Å². The molecule has 0 saturated carbocycles. The number of fused-ring (bicyclic) bond motifs is 2. The molecule has 0 aliphatic carbocycles. The molecule has 3 aromatic rings. The topological polar surface area (TPSA) is 94.8 Å². The maximum absolute atomic E-state index is 13.6. The first-order valence-electron chi connectivity index (χ1n) is 13.4. The van der Waals surface area contributed by atoms with E-state index in [9.17, 15) is 18.0 Å². The first kappa shape index (κ1) is 26.5. The minimum absolute atomic E-state index is 0.00872. The normalized spacial score (nSPS) is 19.5. The molecule has 0 bridgehead atoms. The third-order valence-corrected chi connectivity index (χ3v) is 7.75. The van der Waals surface area contributed by atoms with Gasteiger partial charge in [-0.05, 0) is 18.6 Å². The Morgan fingerprint density at radius 1 is 1.20 bits per heavy atom. The number of nitrogens with one attached hydrogen (secondary N) is 3. The number of rotatable bonds is 7. The number of morpholine rings is 1. The van der Waals surface area contributed by atoms with Crippen LogP contribution in [0.2, 0.25) is 0 Å². The van der Waals surface area contributed by atoms with Gasteiger partial charge in [-0.3, -0.25) is 9.69 Å². The third-order valence-electron chi connectivity index (χ3n) is 7.75. The van der Waals surface area contributed by atoms with Crippen LogP contribution in [0, 0.1) is 0 Å². The van der Waals surface area contributed by atoms with E-state index in [2.05, 4.69) is 32.1 Å². The van der Waals surface area contributed by atoms with E-state index in [-0.39, 0.29) is 29.2 Å². The van der Waals surface area contributed by atoms with Crippen molar-refractivity contribution >= 4 is 34.1 Å². The smallest absolute Gasteiger partial charge is 0.418 e. The van der Waals surface area contributed by atoms with Crippen LogP contribution >= 0.6 is 0 Å². The summed E-state index contributed by atoms with van der Waals surface area (Å²) in [5.41, 5.74) is 1.62. The molecule has 212 valence electrons. The lowest BCUT2D eigenvalue weighted by Crippen LogP contribution is -2.45. The number of nitrogens with zero attached hydrogens (tertiary/aromatic N) is 3. The number of carbonyl (C=O) groups excluding carboxylic acids is 1. The summed E-state index contributed by atoms with van der Waals surface area (Å²) in [4.78, 5) is 24.9. The molecule has 1 amide bonds. The molecule has 3 aliphatic rings. The van der Waals surface area contributed by atoms with E-state index < -0.39 is 11.7 Å². The van der Waals surface area contributed by atoms with E-state index in [4.69, 9.17) is 9.47 Å². The lowest BCUT2D eigenvalue weighted by Gasteiger charge is -2.32. The van der Waals surface area contributed by atoms with Gasteiger partial charge in [-0.1, -0.05) is 6.08 Å². The van der Waals surface area contributed by atoms with Crippen molar-refractivity contribution in [3.63, 3.8) is 0 Å². The van der Waals surface area contributed by atoms with Gasteiger partial charge in [-0.25, -0.2) is 4.98 Å². The van der Waals surface area contributed by atoms with Crippen LogP contribution in [0.1, 0.15) is 27.9 Å². The fourth-order valence-corrected chi connectivity index (χ4v) is 5.81. The second-order valence-corrected chi connectivity index (χ2v) is 10.2. The van der Waals surface area contributed by atoms with E-state index >= 15 is 0 Å². The summed E-state index contributed by atoms with van der Waals surface area (Å²) in [6.07, 6.45) is -0.511. The van der Waals surface area contributed by atoms with E-state index in [0.717, 1.165) is 44.5 Å². The average Bonchev–Trinajstić information content (AvgIpc) is 3.71. The number of alkyl halides is 3. The Morgan fingerprint density at radius 2 is 2.02 bits per heavy atom. The predicted octanol–water partition coefficient (Wildman–Crippen LogP) is 4.40. The van der Waals surface area contributed by atoms with Gasteiger partial charge in [0.25, 0.3) is 5.91 Å². The molecule has 3 aliphatic heterocycles. The zero-order valence-corrected chi connectivity index (χ0v) is 21.9. The first-order valence-corrected chi connectivity index (χ1v) is 13.4. The molecule has 0 unspecified atom stereocenters. The van der Waals surface area contributed by atoms with Gasteiger partial charge in [0.05, 0.1) is 36.5 Å². The highest BCUT2D eigenvalue weighted by Crippen LogP contribution is 2.41. The van der Waals surface area contributed by atoms with Gasteiger partial charge in [0, 0.05) is 74.3 Å². The zero-order valence-electron chi connectivity index (χ0n) is 21.9. The fraction of sp³-hybridized carbons (Fsp3) is 0.429. The molecule has 9 nitrogen and oxygen atoms in total. The average molecular weight is 557 g/mol. The second-order valence-electron chi connectivity index (χ2n) is 10.2. The van der Waals surface area contributed by atoms with E-state index in [1.165, 1.54) is 6.07 Å². The minimum Gasteiger partial charge on any atom is -0.491 e. The molecule has 1 aromatic carbocycles. The maximum atomic E-state index is 13.6. The van der Waals surface area contributed by atoms with Crippen molar-refractivity contribution in [3.8, 4) is 5.75 Å². The summed E-state index contributed by atoms with van der Waals surface area (Å²) in [6.45, 7) is 8.99. The Labute approximate surface area is 229 Å². The van der Waals surface area contributed by atoms with Crippen molar-refractivity contribution < 1.29 is 27.4 Å². The van der Waals surface area contributed by atoms with Crippen LogP contribution in [0.5, 0.6) is 5.75 Å². The van der Waals surface area contributed by atoms with E-state index in [1.54, 1.807) is 18.2 Å². The number of aromatic nitrogens is 2. The number of anilines is 3. The molecule has 2 fully saturated rings. The van der Waals surface area contributed by atoms with Gasteiger partial charge in [-0.2, -0.15) is 13.2 Å². The number of ether oxygens (including phenoxy) is 2. The highest BCUT2D eigenvalue weighted by atomic mass is 19.4. The Kier molecular flexibility index (Phi) is 7.05. The Hall–Kier alpha value is -3.77. The zero-order chi connectivity index (χ0) is 27.9. The number of likely N-dealkylation sites (tertiary alicyclic amines) is 1. The summed E-state index contributed by atoms with van der Waals surface area (Å²) < 4.78 is 52.2. The summed E-state index contributed by atoms with van der Waals surface area (Å²) >= 11 is 0. The third kappa shape index (κ3) is 4.97. The van der Waals surface area contributed by atoms with E-state index in [1.807, 2.05) is 4.90 Å². The van der Waals surface area contributed by atoms with Crippen molar-refractivity contribution in [2.24, 2.45) is 0 Å². The largest absolute Gasteiger partial charge is 0.491 e. The highest BCUT2D eigenvalue weighted by Gasteiger charge is 2.36. The molecule has 3 N–H and O–H groups in total. The van der Waals surface area contributed by atoms with Crippen molar-refractivity contribution in [1.29, 1.82) is 0 Å². The van der Waals surface area contributed by atoms with Crippen LogP contribution in [0.15, 0.2) is 37.1 Å². The molecule has 0 radical (unpaired) electrons. The summed E-state index contributed by atoms with van der Waals surface area (Å²) in [6, 6.07) is 5.44. The molecule has 2 aromatic heterocycles. The molecule has 1 atom stereocenters. The Bertz CT molecular complexity index is 1430. The quantitative estimate of drug-likeness (QED) is 0.372. The number of benzene rings is 1. The number of hydrogen-bond acceptors (Lipinski definition) is 7. The van der Waals surface area contributed by atoms with Gasteiger partial charge in [-0.15, -0.1) is 6.58 Å². The van der Waals surface area contributed by atoms with Crippen LogP contribution in [-0.4, -0.2) is 84.3 Å². The van der Waals surface area contributed by atoms with Gasteiger partial charge in [0.1, 0.15) is 17.2 Å². The first-order chi connectivity index (χ1) is 19.3. The van der Waals surface area contributed by atoms with Crippen LogP contribution in [0.25, 0.3) is 11.0 Å². The fourth-order valence-electron chi connectivity index (χ4n) is 5.81. The number of pyridine rings is 1. The van der Waals surface area contributed by atoms with Crippen molar-refractivity contribution in [2.45, 2.75) is 25.1 Å². The monoisotopic (exact) mass is 556 g/mol. The number of H-pyrrole nitrogens is 1. The summed E-state index contributed by atoms with van der Waals surface area (Å²) in [7, 11) is 0. The molecule has 6 rings (SSSR count). The van der Waals surface area contributed by atoms with Gasteiger partial charge in [0.15, 0.2) is 0 Å². The Morgan fingerprint density at radius 3 is 2.80 bits per heavy atom. The van der Waals surface area contributed by atoms with Crippen molar-refractivity contribution in [1.82, 2.24) is 19.8 Å². The molecular weight excluding hydrogens is 525 g/mol. The van der Waals surface area contributed by atoms with Gasteiger partial charge in [0.2, 0.25) is 0 Å². The molecular formula is C28H31F3N6O3. The van der Waals surface area contributed by atoms with Crippen LogP contribution < -0.4 is 15.4 Å². The number of halogens is 3. The van der Waals surface area contributed by atoms with Crippen LogP contribution in [-0.2, 0) is 17.3 Å². The number of amides is 1. The van der Waals surface area contributed by atoms with Crippen LogP contribution in [0.3, 0.4) is 0 Å². The number of hydrogen-bond donors (Lipinski definition) is 3. The SMILES string of the molecule is C=CCNc1cc(Nc2ccc(C(=O)N3CC[C@H](N4CCOCC4)C3)c3c2OCC3)nc2[nH]cc(C(F)(F)F)c12. The van der Waals surface area contributed by atoms with Crippen molar-refractivity contribution in [2.75, 3.05) is 63.2 Å². The Balaban J connectivity index is 1.26. The molecule has 0 spiro atoms. The standard InChI is InChI=1S/C28H31F3N6O3/c1-2-7-32-22-14-23(35-26-24(22)20(15-33-26)28(29,30)31)34-21-4-3-19(18-6-11-40-25(18)21)27(38)37-8-5-17(16-37)36-9-12-39-13-10-36/h2-4,14-15,17H,1,5-13,16H2,(H3,32,33,34,35)/t17-/m0/s1. The summed E-state index contributed by atoms with van der Waals surface area (Å²) in [5, 5.41) is 6.15. The highest BCUT2D eigenvalue weighted by molar-refractivity contribution is 5.98. The van der Waals surface area contributed by atoms with Gasteiger partial charge < -0.3 is 30.0 Å². The lowest BCUT2D eigenvalue weighted by atomic mass is 10.0. The molecule has 5 heterocycles. The second kappa shape index (κ2) is 10.7. The van der Waals surface area contributed by atoms with Crippen molar-refractivity contribution in [3.05, 3.63) is 53.7 Å². The van der Waals surface area contributed by atoms with Crippen LogP contribution in [0.4, 0.5) is 30.4 Å². The summed E-state index contributed by atoms with van der Waals surface area (Å²) in [5.74, 6) is 0.893. The lowest BCUT2D eigenvalue weighted by molar-refractivity contribution is -0.136. The molecule has 40 heavy (non-hydrogen) atoms. The number of aromatic amines is 1. The number of carbonyl (C=O) groups is 1. The minimum atomic E-state index is -4.53. The molecule has 2 saturated heterocycles. The predicted molar refractivity (Wildman–Crippen MR) is 145 cm³/mol. The van der Waals surface area contributed by atoms with E-state index in [0.29, 0.717) is 55.0 Å². The molecule has 12 heteroatoms. The maximum Gasteiger partial charge on any atom is 0.418 e.